The normalized spacial score (nSPS) is 17.4. The molecule has 0 saturated heterocycles. The van der Waals surface area contributed by atoms with Gasteiger partial charge in [-0.3, -0.25) is 9.10 Å². The third-order valence-electron chi connectivity index (χ3n) is 5.70. The van der Waals surface area contributed by atoms with Crippen LogP contribution in [-0.4, -0.2) is 32.7 Å². The molecule has 1 heterocycles. The number of carbonyl (C=O) groups excluding carboxylic acids is 1. The Kier molecular flexibility index (Phi) is 6.81. The van der Waals surface area contributed by atoms with Crippen LogP contribution in [0.1, 0.15) is 44.7 Å². The first-order valence-electron chi connectivity index (χ1n) is 10.1. The van der Waals surface area contributed by atoms with Gasteiger partial charge in [0, 0.05) is 12.0 Å². The molecule has 0 bridgehead atoms. The van der Waals surface area contributed by atoms with Crippen molar-refractivity contribution in [1.29, 1.82) is 0 Å². The molecule has 1 amide bonds. The molecule has 9 heteroatoms. The summed E-state index contributed by atoms with van der Waals surface area (Å²) < 4.78 is 45.4. The first kappa shape index (κ1) is 23.3. The largest absolute Gasteiger partial charge is 0.487 e. The lowest BCUT2D eigenvalue weighted by Crippen LogP contribution is -2.47. The van der Waals surface area contributed by atoms with E-state index < -0.39 is 33.9 Å². The minimum absolute atomic E-state index is 0.118. The minimum atomic E-state index is -3.81. The van der Waals surface area contributed by atoms with Crippen LogP contribution >= 0.6 is 11.6 Å². The lowest BCUT2D eigenvalue weighted by atomic mass is 9.83. The van der Waals surface area contributed by atoms with Gasteiger partial charge in [-0.2, -0.15) is 0 Å². The van der Waals surface area contributed by atoms with E-state index in [4.69, 9.17) is 16.3 Å². The van der Waals surface area contributed by atoms with E-state index in [0.29, 0.717) is 12.2 Å². The molecule has 1 aliphatic rings. The summed E-state index contributed by atoms with van der Waals surface area (Å²) in [6.07, 6.45) is 3.10. The van der Waals surface area contributed by atoms with Gasteiger partial charge in [-0.1, -0.05) is 43.6 Å². The van der Waals surface area contributed by atoms with E-state index in [1.165, 1.54) is 12.1 Å². The van der Waals surface area contributed by atoms with Gasteiger partial charge in [0.25, 0.3) is 0 Å². The Balaban J connectivity index is 1.86. The number of amides is 1. The van der Waals surface area contributed by atoms with Gasteiger partial charge in [-0.15, -0.1) is 0 Å². The van der Waals surface area contributed by atoms with Gasteiger partial charge in [-0.25, -0.2) is 12.8 Å². The van der Waals surface area contributed by atoms with Crippen LogP contribution in [0.15, 0.2) is 42.5 Å². The maximum atomic E-state index is 13.5. The van der Waals surface area contributed by atoms with Crippen molar-refractivity contribution in [2.45, 2.75) is 44.8 Å². The molecular formula is C22H26ClFN2O4S. The topological polar surface area (TPSA) is 75.7 Å². The number of rotatable bonds is 7. The molecule has 0 spiro atoms. The summed E-state index contributed by atoms with van der Waals surface area (Å²) in [4.78, 5) is 12.9. The molecule has 0 fully saturated rings. The number of benzene rings is 2. The molecule has 1 N–H and O–H groups in total. The van der Waals surface area contributed by atoms with Crippen molar-refractivity contribution in [3.05, 3.63) is 58.9 Å². The van der Waals surface area contributed by atoms with E-state index in [0.717, 1.165) is 35.0 Å². The van der Waals surface area contributed by atoms with Crippen molar-refractivity contribution in [1.82, 2.24) is 5.32 Å². The number of para-hydroxylation sites is 1. The fraction of sp³-hybridized carbons (Fsp3) is 0.409. The summed E-state index contributed by atoms with van der Waals surface area (Å²) in [5.74, 6) is -0.431. The minimum Gasteiger partial charge on any atom is -0.487 e. The molecule has 0 aromatic heterocycles. The number of nitrogens with one attached hydrogen (secondary N) is 1. The van der Waals surface area contributed by atoms with Crippen LogP contribution in [0.3, 0.4) is 0 Å². The Hall–Kier alpha value is -2.32. The second-order valence-corrected chi connectivity index (χ2v) is 10.0. The number of hydrogen-bond donors (Lipinski definition) is 1. The Morgan fingerprint density at radius 1 is 1.26 bits per heavy atom. The van der Waals surface area contributed by atoms with Crippen LogP contribution in [0.25, 0.3) is 0 Å². The molecule has 31 heavy (non-hydrogen) atoms. The highest BCUT2D eigenvalue weighted by molar-refractivity contribution is 7.92. The highest BCUT2D eigenvalue weighted by Crippen LogP contribution is 2.42. The summed E-state index contributed by atoms with van der Waals surface area (Å²) in [5.41, 5.74) is 0.560. The number of halogens is 2. The van der Waals surface area contributed by atoms with E-state index in [1.807, 2.05) is 38.1 Å². The van der Waals surface area contributed by atoms with Crippen LogP contribution in [0.5, 0.6) is 5.75 Å². The van der Waals surface area contributed by atoms with Crippen LogP contribution in [0, 0.1) is 5.82 Å². The SMILES string of the molecule is CCC1(CC)C[C@@H](NC(=O)CN(c2ccc(F)c(Cl)c2)S(C)(=O)=O)c2ccccc2O1. The number of fused-ring (bicyclic) bond motifs is 1. The van der Waals surface area contributed by atoms with Crippen molar-refractivity contribution in [2.75, 3.05) is 17.1 Å². The Morgan fingerprint density at radius 3 is 2.55 bits per heavy atom. The quantitative estimate of drug-likeness (QED) is 0.651. The standard InChI is InChI=1S/C22H26ClFN2O4S/c1-4-22(5-2)13-19(16-8-6-7-9-20(16)30-22)25-21(27)14-26(31(3,28)29)15-10-11-18(24)17(23)12-15/h6-12,19H,4-5,13-14H2,1-3H3,(H,25,27)/t19-/m1/s1. The van der Waals surface area contributed by atoms with Crippen molar-refractivity contribution in [3.63, 3.8) is 0 Å². The first-order valence-corrected chi connectivity index (χ1v) is 12.3. The fourth-order valence-electron chi connectivity index (χ4n) is 3.84. The average Bonchev–Trinajstić information content (AvgIpc) is 2.73. The summed E-state index contributed by atoms with van der Waals surface area (Å²) in [5, 5.41) is 2.74. The van der Waals surface area contributed by atoms with Crippen molar-refractivity contribution in [3.8, 4) is 5.75 Å². The predicted molar refractivity (Wildman–Crippen MR) is 119 cm³/mol. The maximum absolute atomic E-state index is 13.5. The van der Waals surface area contributed by atoms with Crippen LogP contribution in [0.4, 0.5) is 10.1 Å². The lowest BCUT2D eigenvalue weighted by Gasteiger charge is -2.41. The van der Waals surface area contributed by atoms with Gasteiger partial charge < -0.3 is 10.1 Å². The van der Waals surface area contributed by atoms with Gasteiger partial charge in [-0.05, 0) is 37.1 Å². The molecular weight excluding hydrogens is 443 g/mol. The molecule has 0 saturated carbocycles. The third-order valence-corrected chi connectivity index (χ3v) is 7.13. The summed E-state index contributed by atoms with van der Waals surface area (Å²) in [6.45, 7) is 3.63. The van der Waals surface area contributed by atoms with E-state index in [-0.39, 0.29) is 16.8 Å². The smallest absolute Gasteiger partial charge is 0.241 e. The highest BCUT2D eigenvalue weighted by atomic mass is 35.5. The summed E-state index contributed by atoms with van der Waals surface area (Å²) in [6, 6.07) is 10.7. The maximum Gasteiger partial charge on any atom is 0.241 e. The lowest BCUT2D eigenvalue weighted by molar-refractivity contribution is -0.121. The Bertz CT molecular complexity index is 1070. The Morgan fingerprint density at radius 2 is 1.94 bits per heavy atom. The second-order valence-electron chi connectivity index (χ2n) is 7.72. The zero-order chi connectivity index (χ0) is 22.8. The van der Waals surface area contributed by atoms with Crippen LogP contribution in [0.2, 0.25) is 5.02 Å². The van der Waals surface area contributed by atoms with Crippen LogP contribution < -0.4 is 14.4 Å². The molecule has 0 radical (unpaired) electrons. The number of carbonyl (C=O) groups is 1. The molecule has 3 rings (SSSR count). The zero-order valence-electron chi connectivity index (χ0n) is 17.7. The number of anilines is 1. The molecule has 1 atom stereocenters. The molecule has 0 unspecified atom stereocenters. The zero-order valence-corrected chi connectivity index (χ0v) is 19.3. The van der Waals surface area contributed by atoms with Crippen molar-refractivity contribution >= 4 is 33.2 Å². The number of sulfonamides is 1. The van der Waals surface area contributed by atoms with Crippen LogP contribution in [-0.2, 0) is 14.8 Å². The predicted octanol–water partition coefficient (Wildman–Crippen LogP) is 4.44. The molecule has 6 nitrogen and oxygen atoms in total. The third kappa shape index (κ3) is 5.13. The number of ether oxygens (including phenoxy) is 1. The van der Waals surface area contributed by atoms with Crippen molar-refractivity contribution in [2.24, 2.45) is 0 Å². The van der Waals surface area contributed by atoms with Crippen molar-refractivity contribution < 1.29 is 22.3 Å². The first-order chi connectivity index (χ1) is 14.6. The van der Waals surface area contributed by atoms with Gasteiger partial charge in [0.1, 0.15) is 23.7 Å². The van der Waals surface area contributed by atoms with Gasteiger partial charge >= 0.3 is 0 Å². The Labute approximate surface area is 187 Å². The number of hydrogen-bond acceptors (Lipinski definition) is 4. The molecule has 168 valence electrons. The second kappa shape index (κ2) is 9.04. The van der Waals surface area contributed by atoms with E-state index >= 15 is 0 Å². The monoisotopic (exact) mass is 468 g/mol. The van der Waals surface area contributed by atoms with Gasteiger partial charge in [0.05, 0.1) is 23.0 Å². The number of nitrogens with zero attached hydrogens (tertiary/aromatic N) is 1. The van der Waals surface area contributed by atoms with E-state index in [9.17, 15) is 17.6 Å². The van der Waals surface area contributed by atoms with Gasteiger partial charge in [0.15, 0.2) is 0 Å². The average molecular weight is 469 g/mol. The molecule has 1 aliphatic heterocycles. The molecule has 2 aromatic rings. The van der Waals surface area contributed by atoms with E-state index in [1.54, 1.807) is 0 Å². The van der Waals surface area contributed by atoms with E-state index in [2.05, 4.69) is 5.32 Å². The summed E-state index contributed by atoms with van der Waals surface area (Å²) >= 11 is 5.81. The fourth-order valence-corrected chi connectivity index (χ4v) is 4.86. The molecule has 2 aromatic carbocycles. The summed E-state index contributed by atoms with van der Waals surface area (Å²) in [7, 11) is -3.81. The van der Waals surface area contributed by atoms with Gasteiger partial charge in [0.2, 0.25) is 15.9 Å². The highest BCUT2D eigenvalue weighted by Gasteiger charge is 2.39. The molecule has 0 aliphatic carbocycles.